The summed E-state index contributed by atoms with van der Waals surface area (Å²) in [6.45, 7) is 5.98. The topological polar surface area (TPSA) is 160 Å². The molecule has 5 rings (SSSR count). The first kappa shape index (κ1) is 31.2. The summed E-state index contributed by atoms with van der Waals surface area (Å²) in [7, 11) is 0. The molecule has 1 aromatic heterocycles. The number of rotatable bonds is 12. The highest BCUT2D eigenvalue weighted by Gasteiger charge is 2.37. The SMILES string of the molecule is NC(=O)CN1CCC2(CCN(CCC(=O)NCc3ccc(CCOc4cc(-c5ccccc5O)nnc4N)cc3)CC2)CC1. The number of piperidine rings is 2. The molecule has 2 amide bonds. The van der Waals surface area contributed by atoms with Crippen LogP contribution in [0.25, 0.3) is 11.3 Å². The predicted octanol–water partition coefficient (Wildman–Crippen LogP) is 2.72. The second-order valence-electron chi connectivity index (χ2n) is 12.0. The Hall–Kier alpha value is -4.22. The lowest BCUT2D eigenvalue weighted by atomic mass is 9.71. The molecule has 2 saturated heterocycles. The Kier molecular flexibility index (Phi) is 10.3. The summed E-state index contributed by atoms with van der Waals surface area (Å²) in [6, 6.07) is 16.7. The summed E-state index contributed by atoms with van der Waals surface area (Å²) in [5.41, 5.74) is 14.9. The number of nitrogens with zero attached hydrogens (tertiary/aromatic N) is 4. The van der Waals surface area contributed by atoms with Crippen molar-refractivity contribution >= 4 is 17.6 Å². The molecule has 11 heteroatoms. The molecule has 2 aliphatic rings. The number of carbonyl (C=O) groups excluding carboxylic acids is 2. The minimum Gasteiger partial charge on any atom is -0.507 e. The van der Waals surface area contributed by atoms with Crippen LogP contribution in [0.5, 0.6) is 11.5 Å². The molecular formula is C33H43N7O4. The highest BCUT2D eigenvalue weighted by Crippen LogP contribution is 2.41. The summed E-state index contributed by atoms with van der Waals surface area (Å²) >= 11 is 0. The van der Waals surface area contributed by atoms with Crippen LogP contribution in [0, 0.1) is 5.41 Å². The van der Waals surface area contributed by atoms with Gasteiger partial charge in [-0.2, -0.15) is 0 Å². The lowest BCUT2D eigenvalue weighted by molar-refractivity contribution is -0.122. The fraction of sp³-hybridized carbons (Fsp3) is 0.455. The molecule has 2 fully saturated rings. The van der Waals surface area contributed by atoms with Gasteiger partial charge in [0.1, 0.15) is 11.4 Å². The van der Waals surface area contributed by atoms with Gasteiger partial charge in [0.2, 0.25) is 11.8 Å². The first-order valence-electron chi connectivity index (χ1n) is 15.4. The van der Waals surface area contributed by atoms with E-state index in [0.717, 1.165) is 69.5 Å². The Morgan fingerprint density at radius 2 is 1.59 bits per heavy atom. The van der Waals surface area contributed by atoms with Crippen LogP contribution in [0.2, 0.25) is 0 Å². The number of phenolic OH excluding ortho intramolecular Hbond substituents is 1. The first-order valence-corrected chi connectivity index (χ1v) is 15.4. The van der Waals surface area contributed by atoms with Gasteiger partial charge in [0, 0.05) is 37.6 Å². The lowest BCUT2D eigenvalue weighted by Crippen LogP contribution is -2.48. The highest BCUT2D eigenvalue weighted by atomic mass is 16.5. The van der Waals surface area contributed by atoms with Crippen molar-refractivity contribution in [1.82, 2.24) is 25.3 Å². The fourth-order valence-electron chi connectivity index (χ4n) is 6.13. The number of para-hydroxylation sites is 1. The molecule has 3 aromatic rings. The molecule has 2 aliphatic heterocycles. The van der Waals surface area contributed by atoms with Crippen molar-refractivity contribution in [3.05, 3.63) is 65.7 Å². The van der Waals surface area contributed by atoms with E-state index in [1.54, 1.807) is 24.3 Å². The van der Waals surface area contributed by atoms with Gasteiger partial charge in [0.05, 0.1) is 13.2 Å². The number of nitrogen functional groups attached to an aromatic ring is 1. The van der Waals surface area contributed by atoms with Crippen LogP contribution in [0.3, 0.4) is 0 Å². The molecule has 0 unspecified atom stereocenters. The number of ether oxygens (including phenoxy) is 1. The van der Waals surface area contributed by atoms with Crippen LogP contribution in [-0.2, 0) is 22.6 Å². The summed E-state index contributed by atoms with van der Waals surface area (Å²) in [4.78, 5) is 28.3. The van der Waals surface area contributed by atoms with Crippen molar-refractivity contribution in [1.29, 1.82) is 0 Å². The Labute approximate surface area is 258 Å². The van der Waals surface area contributed by atoms with E-state index in [2.05, 4.69) is 25.3 Å². The van der Waals surface area contributed by atoms with E-state index >= 15 is 0 Å². The zero-order chi connectivity index (χ0) is 30.9. The summed E-state index contributed by atoms with van der Waals surface area (Å²) in [6.07, 6.45) is 5.72. The van der Waals surface area contributed by atoms with E-state index in [1.807, 2.05) is 30.3 Å². The largest absolute Gasteiger partial charge is 0.507 e. The maximum Gasteiger partial charge on any atom is 0.231 e. The number of likely N-dealkylation sites (tertiary alicyclic amines) is 2. The monoisotopic (exact) mass is 601 g/mol. The van der Waals surface area contributed by atoms with Gasteiger partial charge in [0.25, 0.3) is 0 Å². The molecule has 2 aromatic carbocycles. The van der Waals surface area contributed by atoms with E-state index in [9.17, 15) is 14.7 Å². The van der Waals surface area contributed by atoms with Crippen molar-refractivity contribution < 1.29 is 19.4 Å². The lowest BCUT2D eigenvalue weighted by Gasteiger charge is -2.46. The Morgan fingerprint density at radius 3 is 2.27 bits per heavy atom. The number of primary amides is 1. The van der Waals surface area contributed by atoms with Gasteiger partial charge in [-0.3, -0.25) is 14.5 Å². The summed E-state index contributed by atoms with van der Waals surface area (Å²) < 4.78 is 5.89. The number of carbonyl (C=O) groups is 2. The molecule has 11 nitrogen and oxygen atoms in total. The molecule has 0 saturated carbocycles. The average Bonchev–Trinajstić information content (AvgIpc) is 3.03. The van der Waals surface area contributed by atoms with Crippen LogP contribution in [0.4, 0.5) is 5.82 Å². The van der Waals surface area contributed by atoms with Crippen LogP contribution < -0.4 is 21.5 Å². The third kappa shape index (κ3) is 8.45. The fourth-order valence-corrected chi connectivity index (χ4v) is 6.13. The molecule has 0 aliphatic carbocycles. The van der Waals surface area contributed by atoms with Gasteiger partial charge < -0.3 is 31.5 Å². The maximum atomic E-state index is 12.6. The van der Waals surface area contributed by atoms with E-state index in [-0.39, 0.29) is 23.4 Å². The average molecular weight is 602 g/mol. The van der Waals surface area contributed by atoms with Crippen LogP contribution in [0.1, 0.15) is 43.2 Å². The third-order valence-corrected chi connectivity index (χ3v) is 8.99. The smallest absolute Gasteiger partial charge is 0.231 e. The van der Waals surface area contributed by atoms with E-state index in [0.29, 0.717) is 55.0 Å². The minimum atomic E-state index is -0.249. The number of amides is 2. The first-order chi connectivity index (χ1) is 21.3. The number of benzene rings is 2. The van der Waals surface area contributed by atoms with E-state index in [4.69, 9.17) is 16.2 Å². The molecule has 234 valence electrons. The second-order valence-corrected chi connectivity index (χ2v) is 12.0. The molecule has 1 spiro atoms. The molecule has 0 bridgehead atoms. The Balaban J connectivity index is 0.987. The number of aromatic nitrogens is 2. The van der Waals surface area contributed by atoms with Crippen molar-refractivity contribution in [2.24, 2.45) is 11.1 Å². The van der Waals surface area contributed by atoms with Gasteiger partial charge in [-0.25, -0.2) is 0 Å². The van der Waals surface area contributed by atoms with Gasteiger partial charge >= 0.3 is 0 Å². The van der Waals surface area contributed by atoms with Crippen molar-refractivity contribution in [2.45, 2.75) is 45.1 Å². The normalized spacial score (nSPS) is 16.9. The molecule has 44 heavy (non-hydrogen) atoms. The number of nitrogens with two attached hydrogens (primary N) is 2. The Morgan fingerprint density at radius 1 is 0.932 bits per heavy atom. The van der Waals surface area contributed by atoms with E-state index < -0.39 is 0 Å². The predicted molar refractivity (Wildman–Crippen MR) is 169 cm³/mol. The van der Waals surface area contributed by atoms with Crippen LogP contribution in [0.15, 0.2) is 54.6 Å². The number of hydrogen-bond acceptors (Lipinski definition) is 9. The Bertz CT molecular complexity index is 1410. The number of hydrogen-bond donors (Lipinski definition) is 4. The van der Waals surface area contributed by atoms with Gasteiger partial charge in [-0.05, 0) is 80.5 Å². The second kappa shape index (κ2) is 14.5. The highest BCUT2D eigenvalue weighted by molar-refractivity contribution is 5.76. The number of aromatic hydroxyl groups is 1. The quantitative estimate of drug-likeness (QED) is 0.245. The van der Waals surface area contributed by atoms with Crippen LogP contribution >= 0.6 is 0 Å². The summed E-state index contributed by atoms with van der Waals surface area (Å²) in [5.74, 6) is 0.540. The van der Waals surface area contributed by atoms with Gasteiger partial charge in [-0.1, -0.05) is 36.4 Å². The third-order valence-electron chi connectivity index (χ3n) is 8.99. The zero-order valence-electron chi connectivity index (χ0n) is 25.2. The number of phenols is 1. The van der Waals surface area contributed by atoms with E-state index in [1.165, 1.54) is 0 Å². The van der Waals surface area contributed by atoms with Gasteiger partial charge in [-0.15, -0.1) is 10.2 Å². The molecular weight excluding hydrogens is 558 g/mol. The molecule has 6 N–H and O–H groups in total. The van der Waals surface area contributed by atoms with Crippen molar-refractivity contribution in [3.8, 4) is 22.8 Å². The standard InChI is InChI=1S/C33H43N7O4/c34-30(42)23-40-18-13-33(14-19-40)11-16-39(17-12-33)15-9-31(43)36-22-25-7-5-24(6-8-25)10-20-44-29-21-27(37-38-32(29)35)26-3-1-2-4-28(26)41/h1-8,21,41H,9-20,22-23H2,(H2,34,42)(H2,35,38)(H,36,43). The molecule has 0 radical (unpaired) electrons. The van der Waals surface area contributed by atoms with Crippen LogP contribution in [-0.4, -0.2) is 82.8 Å². The molecule has 3 heterocycles. The maximum absolute atomic E-state index is 12.6. The zero-order valence-corrected chi connectivity index (χ0v) is 25.2. The minimum absolute atomic E-state index is 0.0641. The van der Waals surface area contributed by atoms with Crippen molar-refractivity contribution in [3.63, 3.8) is 0 Å². The van der Waals surface area contributed by atoms with Crippen molar-refractivity contribution in [2.75, 3.05) is 51.6 Å². The summed E-state index contributed by atoms with van der Waals surface area (Å²) in [5, 5.41) is 21.2. The van der Waals surface area contributed by atoms with Gasteiger partial charge in [0.15, 0.2) is 11.6 Å². The molecule has 0 atom stereocenters. The number of anilines is 1. The number of nitrogens with one attached hydrogen (secondary N) is 1.